The van der Waals surface area contributed by atoms with E-state index in [2.05, 4.69) is 63.2 Å². The first kappa shape index (κ1) is 15.5. The van der Waals surface area contributed by atoms with Crippen molar-refractivity contribution < 1.29 is 4.39 Å². The fourth-order valence-electron chi connectivity index (χ4n) is 3.25. The molecule has 0 bridgehead atoms. The van der Waals surface area contributed by atoms with Crippen LogP contribution >= 0.6 is 0 Å². The molecule has 0 aromatic heterocycles. The van der Waals surface area contributed by atoms with Gasteiger partial charge in [-0.1, -0.05) is 54.1 Å². The number of hydrogen-bond acceptors (Lipinski definition) is 0. The highest BCUT2D eigenvalue weighted by atomic mass is 19.1. The van der Waals surface area contributed by atoms with E-state index >= 15 is 0 Å². The van der Waals surface area contributed by atoms with E-state index in [0.29, 0.717) is 0 Å². The molecule has 2 aromatic carbocycles. The monoisotopic (exact) mass is 304 g/mol. The Bertz CT molecular complexity index is 815. The molecule has 3 rings (SSSR count). The van der Waals surface area contributed by atoms with Gasteiger partial charge in [-0.3, -0.25) is 0 Å². The summed E-state index contributed by atoms with van der Waals surface area (Å²) in [5.41, 5.74) is 8.19. The summed E-state index contributed by atoms with van der Waals surface area (Å²) < 4.78 is 13.8. The highest BCUT2D eigenvalue weighted by molar-refractivity contribution is 5.87. The lowest BCUT2D eigenvalue weighted by Gasteiger charge is -2.19. The van der Waals surface area contributed by atoms with Crippen LogP contribution < -0.4 is 0 Å². The second-order valence-corrected chi connectivity index (χ2v) is 6.17. The van der Waals surface area contributed by atoms with Gasteiger partial charge < -0.3 is 0 Å². The van der Waals surface area contributed by atoms with Gasteiger partial charge in [-0.25, -0.2) is 4.39 Å². The van der Waals surface area contributed by atoms with Gasteiger partial charge in [-0.2, -0.15) is 0 Å². The molecule has 0 saturated heterocycles. The van der Waals surface area contributed by atoms with Gasteiger partial charge in [-0.15, -0.1) is 0 Å². The number of aryl methyl sites for hydroxylation is 3. The van der Waals surface area contributed by atoms with Gasteiger partial charge in [0.25, 0.3) is 0 Å². The van der Waals surface area contributed by atoms with Crippen molar-refractivity contribution in [1.82, 2.24) is 0 Å². The van der Waals surface area contributed by atoms with Crippen LogP contribution in [0.4, 0.5) is 4.39 Å². The van der Waals surface area contributed by atoms with E-state index in [1.54, 1.807) is 12.2 Å². The largest absolute Gasteiger partial charge is 0.207 e. The average molecular weight is 304 g/mol. The maximum atomic E-state index is 13.8. The van der Waals surface area contributed by atoms with E-state index in [-0.39, 0.29) is 5.83 Å². The quantitative estimate of drug-likeness (QED) is 0.617. The van der Waals surface area contributed by atoms with Gasteiger partial charge in [0.15, 0.2) is 0 Å². The van der Waals surface area contributed by atoms with Gasteiger partial charge in [-0.05, 0) is 72.7 Å². The van der Waals surface area contributed by atoms with Crippen molar-refractivity contribution in [2.45, 2.75) is 27.2 Å². The molecule has 1 heteroatoms. The van der Waals surface area contributed by atoms with Crippen molar-refractivity contribution in [2.24, 2.45) is 0 Å². The Morgan fingerprint density at radius 2 is 1.65 bits per heavy atom. The van der Waals surface area contributed by atoms with Crippen LogP contribution in [0.25, 0.3) is 5.57 Å². The van der Waals surface area contributed by atoms with Gasteiger partial charge in [0, 0.05) is 0 Å². The molecule has 23 heavy (non-hydrogen) atoms. The lowest BCUT2D eigenvalue weighted by Crippen LogP contribution is -2.00. The van der Waals surface area contributed by atoms with Crippen LogP contribution in [-0.2, 0) is 0 Å². The second-order valence-electron chi connectivity index (χ2n) is 6.17. The molecule has 2 aromatic rings. The summed E-state index contributed by atoms with van der Waals surface area (Å²) in [5.74, 6) is -0.178. The smallest absolute Gasteiger partial charge is 0.123 e. The zero-order valence-corrected chi connectivity index (χ0v) is 13.9. The number of rotatable bonds is 2. The van der Waals surface area contributed by atoms with E-state index in [1.165, 1.54) is 22.3 Å². The Labute approximate surface area is 137 Å². The van der Waals surface area contributed by atoms with Crippen molar-refractivity contribution >= 4 is 5.57 Å². The van der Waals surface area contributed by atoms with Gasteiger partial charge in [0.05, 0.1) is 0 Å². The highest BCUT2D eigenvalue weighted by Crippen LogP contribution is 2.35. The Kier molecular flexibility index (Phi) is 4.29. The fraction of sp³-hybridized carbons (Fsp3) is 0.182. The first-order chi connectivity index (χ1) is 11.1. The third-order valence-corrected chi connectivity index (χ3v) is 4.29. The Morgan fingerprint density at radius 3 is 2.30 bits per heavy atom. The minimum absolute atomic E-state index is 0.178. The van der Waals surface area contributed by atoms with Gasteiger partial charge >= 0.3 is 0 Å². The minimum atomic E-state index is -0.178. The molecule has 0 saturated carbocycles. The minimum Gasteiger partial charge on any atom is -0.207 e. The summed E-state index contributed by atoms with van der Waals surface area (Å²) in [4.78, 5) is 0. The molecule has 0 aliphatic heterocycles. The molecule has 116 valence electrons. The van der Waals surface area contributed by atoms with Crippen molar-refractivity contribution in [3.8, 4) is 0 Å². The highest BCUT2D eigenvalue weighted by Gasteiger charge is 2.16. The van der Waals surface area contributed by atoms with Crippen molar-refractivity contribution in [2.75, 3.05) is 0 Å². The van der Waals surface area contributed by atoms with Crippen LogP contribution in [-0.4, -0.2) is 0 Å². The first-order valence-electron chi connectivity index (χ1n) is 7.97. The number of hydrogen-bond donors (Lipinski definition) is 0. The number of allylic oxidation sites excluding steroid dienone is 5. The zero-order valence-electron chi connectivity index (χ0n) is 13.9. The summed E-state index contributed by atoms with van der Waals surface area (Å²) in [6.45, 7) is 6.34. The van der Waals surface area contributed by atoms with Crippen LogP contribution in [0.3, 0.4) is 0 Å². The Hall–Kier alpha value is -2.41. The molecule has 0 spiro atoms. The molecule has 0 unspecified atom stereocenters. The Balaban J connectivity index is 2.32. The third-order valence-electron chi connectivity index (χ3n) is 4.29. The molecule has 0 radical (unpaired) electrons. The molecule has 0 N–H and O–H groups in total. The van der Waals surface area contributed by atoms with E-state index in [0.717, 1.165) is 23.1 Å². The molecule has 1 aliphatic carbocycles. The van der Waals surface area contributed by atoms with E-state index in [1.807, 2.05) is 6.08 Å². The van der Waals surface area contributed by atoms with E-state index in [9.17, 15) is 4.39 Å². The topological polar surface area (TPSA) is 0 Å². The standard InChI is InChI=1S/C22H21F/c1-15-7-4-10-18(13-15)22(19-11-6-12-20(23)14-19)21-16(2)8-5-9-17(21)3/h4-10,12-14H,11H2,1-3H3/b22-19-. The summed E-state index contributed by atoms with van der Waals surface area (Å²) >= 11 is 0. The van der Waals surface area contributed by atoms with Gasteiger partial charge in [0.1, 0.15) is 5.83 Å². The molecule has 0 nitrogen and oxygen atoms in total. The summed E-state index contributed by atoms with van der Waals surface area (Å²) in [5, 5.41) is 0. The predicted octanol–water partition coefficient (Wildman–Crippen LogP) is 6.23. The molecule has 0 fully saturated rings. The summed E-state index contributed by atoms with van der Waals surface area (Å²) in [6, 6.07) is 14.8. The third kappa shape index (κ3) is 3.19. The molecular weight excluding hydrogens is 283 g/mol. The molecule has 0 heterocycles. The van der Waals surface area contributed by atoms with Crippen molar-refractivity contribution in [1.29, 1.82) is 0 Å². The van der Waals surface area contributed by atoms with Crippen molar-refractivity contribution in [3.05, 3.63) is 99.9 Å². The zero-order chi connectivity index (χ0) is 16.4. The van der Waals surface area contributed by atoms with E-state index in [4.69, 9.17) is 0 Å². The average Bonchev–Trinajstić information content (AvgIpc) is 2.51. The molecule has 1 aliphatic rings. The number of halogens is 1. The summed E-state index contributed by atoms with van der Waals surface area (Å²) in [6.07, 6.45) is 5.87. The predicted molar refractivity (Wildman–Crippen MR) is 96.1 cm³/mol. The Morgan fingerprint density at radius 1 is 0.957 bits per heavy atom. The fourth-order valence-corrected chi connectivity index (χ4v) is 3.25. The lowest BCUT2D eigenvalue weighted by atomic mass is 9.85. The van der Waals surface area contributed by atoms with Crippen LogP contribution in [0.15, 0.2) is 72.1 Å². The van der Waals surface area contributed by atoms with Crippen LogP contribution in [0.2, 0.25) is 0 Å². The maximum Gasteiger partial charge on any atom is 0.123 e. The summed E-state index contributed by atoms with van der Waals surface area (Å²) in [7, 11) is 0. The SMILES string of the molecule is Cc1cccc(/C(=C2/C=C(F)C=CC2)c2c(C)cccc2C)c1. The molecule has 0 atom stereocenters. The van der Waals surface area contributed by atoms with Crippen molar-refractivity contribution in [3.63, 3.8) is 0 Å². The number of benzene rings is 2. The lowest BCUT2D eigenvalue weighted by molar-refractivity contribution is 0.662. The molecular formula is C22H21F. The first-order valence-corrected chi connectivity index (χ1v) is 7.97. The van der Waals surface area contributed by atoms with Crippen LogP contribution in [0.1, 0.15) is 34.2 Å². The van der Waals surface area contributed by atoms with E-state index < -0.39 is 0 Å². The van der Waals surface area contributed by atoms with Crippen LogP contribution in [0.5, 0.6) is 0 Å². The molecule has 0 amide bonds. The van der Waals surface area contributed by atoms with Crippen LogP contribution in [0, 0.1) is 20.8 Å². The van der Waals surface area contributed by atoms with Gasteiger partial charge in [0.2, 0.25) is 0 Å². The normalized spacial score (nSPS) is 16.3. The maximum absolute atomic E-state index is 13.8. The second kappa shape index (κ2) is 6.37.